The molecule has 3 rings (SSSR count). The highest BCUT2D eigenvalue weighted by Gasteiger charge is 2.38. The van der Waals surface area contributed by atoms with Gasteiger partial charge in [-0.25, -0.2) is 4.98 Å². The normalized spacial score (nSPS) is 16.4. The van der Waals surface area contributed by atoms with E-state index in [2.05, 4.69) is 22.2 Å². The van der Waals surface area contributed by atoms with Crippen LogP contribution in [0.5, 0.6) is 0 Å². The number of carbonyl (C=O) groups is 1. The largest absolute Gasteiger partial charge is 0.442 e. The monoisotopic (exact) mass is 274 g/mol. The molecule has 1 aliphatic rings. The van der Waals surface area contributed by atoms with Gasteiger partial charge in [-0.1, -0.05) is 6.92 Å². The molecule has 2 aromatic heterocycles. The molecular formula is C14H18N4O2. The molecule has 106 valence electrons. The number of hydrogen-bond donors (Lipinski definition) is 2. The summed E-state index contributed by atoms with van der Waals surface area (Å²) in [6.45, 7) is 5.83. The van der Waals surface area contributed by atoms with E-state index >= 15 is 0 Å². The van der Waals surface area contributed by atoms with Gasteiger partial charge in [-0.2, -0.15) is 4.98 Å². The van der Waals surface area contributed by atoms with E-state index in [4.69, 9.17) is 10.2 Å². The number of primary amides is 1. The molecule has 1 fully saturated rings. The number of hydrogen-bond acceptors (Lipinski definition) is 5. The quantitative estimate of drug-likeness (QED) is 0.891. The topological polar surface area (TPSA) is 94.0 Å². The van der Waals surface area contributed by atoms with E-state index in [1.165, 1.54) is 0 Å². The van der Waals surface area contributed by atoms with Crippen LogP contribution in [0.4, 0.5) is 5.82 Å². The van der Waals surface area contributed by atoms with Crippen LogP contribution in [0.1, 0.15) is 48.6 Å². The predicted molar refractivity (Wildman–Crippen MR) is 75.7 cm³/mol. The van der Waals surface area contributed by atoms with Gasteiger partial charge < -0.3 is 15.5 Å². The second kappa shape index (κ2) is 4.19. The molecule has 6 nitrogen and oxygen atoms in total. The fourth-order valence-corrected chi connectivity index (χ4v) is 2.30. The van der Waals surface area contributed by atoms with Crippen LogP contribution in [-0.2, 0) is 6.42 Å². The summed E-state index contributed by atoms with van der Waals surface area (Å²) in [6, 6.07) is 0. The van der Waals surface area contributed by atoms with Crippen molar-refractivity contribution in [1.82, 2.24) is 9.97 Å². The van der Waals surface area contributed by atoms with Crippen LogP contribution in [0.25, 0.3) is 11.1 Å². The summed E-state index contributed by atoms with van der Waals surface area (Å²) in [5, 5.41) is 4.00. The van der Waals surface area contributed by atoms with Crippen molar-refractivity contribution < 1.29 is 9.21 Å². The molecule has 0 atom stereocenters. The lowest BCUT2D eigenvalue weighted by Crippen LogP contribution is -2.19. The number of aryl methyl sites for hydroxylation is 2. The van der Waals surface area contributed by atoms with Crippen molar-refractivity contribution in [3.63, 3.8) is 0 Å². The lowest BCUT2D eigenvalue weighted by molar-refractivity contribution is 0.1000. The molecule has 2 heterocycles. The molecule has 1 aliphatic carbocycles. The van der Waals surface area contributed by atoms with Gasteiger partial charge in [-0.05, 0) is 26.7 Å². The van der Waals surface area contributed by atoms with Crippen LogP contribution in [0.3, 0.4) is 0 Å². The van der Waals surface area contributed by atoms with Crippen molar-refractivity contribution in [2.75, 3.05) is 5.32 Å². The minimum atomic E-state index is -0.516. The molecule has 3 N–H and O–H groups in total. The van der Waals surface area contributed by atoms with Crippen LogP contribution in [-0.4, -0.2) is 21.4 Å². The van der Waals surface area contributed by atoms with Crippen molar-refractivity contribution in [2.24, 2.45) is 5.73 Å². The van der Waals surface area contributed by atoms with Gasteiger partial charge in [0.25, 0.3) is 5.91 Å². The number of nitrogens with one attached hydrogen (secondary N) is 1. The Bertz CT molecular complexity index is 701. The summed E-state index contributed by atoms with van der Waals surface area (Å²) in [6.07, 6.45) is 2.87. The number of furan rings is 1. The van der Waals surface area contributed by atoms with E-state index < -0.39 is 5.91 Å². The van der Waals surface area contributed by atoms with Crippen molar-refractivity contribution in [2.45, 2.75) is 45.6 Å². The first kappa shape index (κ1) is 12.9. The molecule has 0 spiro atoms. The summed E-state index contributed by atoms with van der Waals surface area (Å²) in [5.41, 5.74) is 6.31. The Morgan fingerprint density at radius 2 is 2.15 bits per heavy atom. The third-order valence-corrected chi connectivity index (χ3v) is 3.76. The van der Waals surface area contributed by atoms with Gasteiger partial charge in [0.1, 0.15) is 17.4 Å². The minimum Gasteiger partial charge on any atom is -0.442 e. The molecular weight excluding hydrogens is 256 g/mol. The van der Waals surface area contributed by atoms with Gasteiger partial charge >= 0.3 is 0 Å². The lowest BCUT2D eigenvalue weighted by Gasteiger charge is -2.13. The van der Waals surface area contributed by atoms with Gasteiger partial charge in [0.05, 0.1) is 10.9 Å². The van der Waals surface area contributed by atoms with E-state index in [0.717, 1.165) is 12.8 Å². The number of fused-ring (bicyclic) bond motifs is 1. The average Bonchev–Trinajstić information content (AvgIpc) is 2.98. The van der Waals surface area contributed by atoms with Crippen molar-refractivity contribution >= 4 is 22.8 Å². The molecule has 0 bridgehead atoms. The Hall–Kier alpha value is -2.11. The average molecular weight is 274 g/mol. The van der Waals surface area contributed by atoms with E-state index in [1.807, 2.05) is 6.92 Å². The van der Waals surface area contributed by atoms with Crippen LogP contribution in [0.15, 0.2) is 4.42 Å². The third-order valence-electron chi connectivity index (χ3n) is 3.76. The first-order valence-electron chi connectivity index (χ1n) is 6.81. The fourth-order valence-electron chi connectivity index (χ4n) is 2.30. The number of aromatic nitrogens is 2. The summed E-state index contributed by atoms with van der Waals surface area (Å²) >= 11 is 0. The van der Waals surface area contributed by atoms with E-state index in [9.17, 15) is 4.79 Å². The summed E-state index contributed by atoms with van der Waals surface area (Å²) in [7, 11) is 0. The molecule has 0 radical (unpaired) electrons. The standard InChI is InChI=1S/C14H18N4O2/c1-4-8-16-12(18-14(3)5-6-14)10-9(11(15)19)7(2)20-13(10)17-8/h4-6H2,1-3H3,(H2,15,19)(H,16,17,18). The maximum atomic E-state index is 11.7. The highest BCUT2D eigenvalue weighted by molar-refractivity contribution is 6.09. The van der Waals surface area contributed by atoms with Gasteiger partial charge in [0, 0.05) is 12.0 Å². The van der Waals surface area contributed by atoms with Gasteiger partial charge in [0.2, 0.25) is 5.71 Å². The summed E-state index contributed by atoms with van der Waals surface area (Å²) in [5.74, 6) is 1.31. The zero-order chi connectivity index (χ0) is 14.5. The van der Waals surface area contributed by atoms with Crippen LogP contribution < -0.4 is 11.1 Å². The van der Waals surface area contributed by atoms with Crippen molar-refractivity contribution in [3.8, 4) is 0 Å². The Labute approximate surface area is 116 Å². The SMILES string of the molecule is CCc1nc(NC2(C)CC2)c2c(C(N)=O)c(C)oc2n1. The van der Waals surface area contributed by atoms with Crippen LogP contribution in [0.2, 0.25) is 0 Å². The van der Waals surface area contributed by atoms with Crippen LogP contribution >= 0.6 is 0 Å². The number of carbonyl (C=O) groups excluding carboxylic acids is 1. The highest BCUT2D eigenvalue weighted by Crippen LogP contribution is 2.40. The maximum absolute atomic E-state index is 11.7. The molecule has 0 unspecified atom stereocenters. The zero-order valence-electron chi connectivity index (χ0n) is 11.9. The van der Waals surface area contributed by atoms with E-state index in [-0.39, 0.29) is 5.54 Å². The second-order valence-corrected chi connectivity index (χ2v) is 5.61. The molecule has 0 aromatic carbocycles. The summed E-state index contributed by atoms with van der Waals surface area (Å²) in [4.78, 5) is 20.5. The molecule has 2 aromatic rings. The highest BCUT2D eigenvalue weighted by atomic mass is 16.3. The zero-order valence-corrected chi connectivity index (χ0v) is 11.9. The van der Waals surface area contributed by atoms with E-state index in [1.54, 1.807) is 6.92 Å². The van der Waals surface area contributed by atoms with Crippen molar-refractivity contribution in [3.05, 3.63) is 17.1 Å². The smallest absolute Gasteiger partial charge is 0.253 e. The first-order chi connectivity index (χ1) is 9.43. The third kappa shape index (κ3) is 2.01. The second-order valence-electron chi connectivity index (χ2n) is 5.61. The fraction of sp³-hybridized carbons (Fsp3) is 0.500. The molecule has 20 heavy (non-hydrogen) atoms. The maximum Gasteiger partial charge on any atom is 0.253 e. The van der Waals surface area contributed by atoms with Crippen LogP contribution in [0, 0.1) is 6.92 Å². The Morgan fingerprint density at radius 1 is 1.45 bits per heavy atom. The van der Waals surface area contributed by atoms with Gasteiger partial charge in [-0.15, -0.1) is 0 Å². The Morgan fingerprint density at radius 3 is 2.70 bits per heavy atom. The number of rotatable bonds is 4. The molecule has 6 heteroatoms. The Balaban J connectivity index is 2.25. The number of nitrogens with two attached hydrogens (primary N) is 1. The molecule has 0 saturated heterocycles. The van der Waals surface area contributed by atoms with Crippen molar-refractivity contribution in [1.29, 1.82) is 0 Å². The summed E-state index contributed by atoms with van der Waals surface area (Å²) < 4.78 is 5.59. The molecule has 1 saturated carbocycles. The number of amides is 1. The number of anilines is 1. The first-order valence-corrected chi connectivity index (χ1v) is 6.81. The Kier molecular flexibility index (Phi) is 2.70. The predicted octanol–water partition coefficient (Wildman–Crippen LogP) is 2.16. The number of nitrogens with zero attached hydrogens (tertiary/aromatic N) is 2. The van der Waals surface area contributed by atoms with Gasteiger partial charge in [-0.3, -0.25) is 4.79 Å². The molecule has 1 amide bonds. The lowest BCUT2D eigenvalue weighted by atomic mass is 10.1. The molecule has 0 aliphatic heterocycles. The van der Waals surface area contributed by atoms with Gasteiger partial charge in [0.15, 0.2) is 0 Å². The minimum absolute atomic E-state index is 0.0480. The van der Waals surface area contributed by atoms with E-state index in [0.29, 0.717) is 40.5 Å².